The predicted octanol–water partition coefficient (Wildman–Crippen LogP) is 6.76. The highest BCUT2D eigenvalue weighted by molar-refractivity contribution is 8.00. The second-order valence-electron chi connectivity index (χ2n) is 6.48. The van der Waals surface area contributed by atoms with Gasteiger partial charge in [0.1, 0.15) is 0 Å². The van der Waals surface area contributed by atoms with Gasteiger partial charge in [-0.2, -0.15) is 0 Å². The molecule has 0 aromatic heterocycles. The van der Waals surface area contributed by atoms with Crippen molar-refractivity contribution in [3.63, 3.8) is 0 Å². The van der Waals surface area contributed by atoms with Gasteiger partial charge in [-0.1, -0.05) is 54.4 Å². The third-order valence-electron chi connectivity index (χ3n) is 4.25. The zero-order valence-electron chi connectivity index (χ0n) is 16.2. The Labute approximate surface area is 190 Å². The lowest BCUT2D eigenvalue weighted by molar-refractivity contribution is -0.115. The van der Waals surface area contributed by atoms with Crippen LogP contribution in [0.25, 0.3) is 0 Å². The number of halogens is 2. The van der Waals surface area contributed by atoms with Crippen LogP contribution in [-0.4, -0.2) is 17.1 Å². The summed E-state index contributed by atoms with van der Waals surface area (Å²) < 4.78 is 0. The number of rotatable bonds is 7. The van der Waals surface area contributed by atoms with E-state index in [9.17, 15) is 9.59 Å². The van der Waals surface area contributed by atoms with Gasteiger partial charge in [-0.25, -0.2) is 0 Å². The third kappa shape index (κ3) is 6.02. The summed E-state index contributed by atoms with van der Waals surface area (Å²) in [6.07, 6.45) is 0.639. The molecule has 0 fully saturated rings. The van der Waals surface area contributed by atoms with Crippen LogP contribution in [0.4, 0.5) is 11.4 Å². The van der Waals surface area contributed by atoms with Gasteiger partial charge in [-0.05, 0) is 55.0 Å². The van der Waals surface area contributed by atoms with Gasteiger partial charge in [0.05, 0.1) is 16.0 Å². The SMILES string of the molecule is CCC(Sc1cccc(NC(=O)c2cccc(Cl)c2)c1)C(=O)Nc1ccccc1Cl. The lowest BCUT2D eigenvalue weighted by Gasteiger charge is -2.16. The minimum absolute atomic E-state index is 0.121. The Morgan fingerprint density at radius 1 is 0.933 bits per heavy atom. The summed E-state index contributed by atoms with van der Waals surface area (Å²) in [4.78, 5) is 26.0. The van der Waals surface area contributed by atoms with Gasteiger partial charge < -0.3 is 10.6 Å². The summed E-state index contributed by atoms with van der Waals surface area (Å²) in [5.74, 6) is -0.368. The van der Waals surface area contributed by atoms with E-state index in [1.165, 1.54) is 11.8 Å². The Morgan fingerprint density at radius 2 is 1.70 bits per heavy atom. The van der Waals surface area contributed by atoms with Crippen LogP contribution in [0, 0.1) is 0 Å². The molecule has 0 bridgehead atoms. The molecule has 3 aromatic rings. The molecule has 2 amide bonds. The van der Waals surface area contributed by atoms with Crippen molar-refractivity contribution in [3.8, 4) is 0 Å². The van der Waals surface area contributed by atoms with E-state index >= 15 is 0 Å². The standard InChI is InChI=1S/C23H20Cl2N2O2S/c1-2-21(23(29)27-20-12-4-3-11-19(20)25)30-18-10-6-9-17(14-18)26-22(28)15-7-5-8-16(24)13-15/h3-14,21H,2H2,1H3,(H,26,28)(H,27,29). The van der Waals surface area contributed by atoms with Crippen molar-refractivity contribution in [1.29, 1.82) is 0 Å². The molecule has 7 heteroatoms. The van der Waals surface area contributed by atoms with Gasteiger partial charge in [0.15, 0.2) is 0 Å². The largest absolute Gasteiger partial charge is 0.324 e. The van der Waals surface area contributed by atoms with Gasteiger partial charge in [0, 0.05) is 21.2 Å². The van der Waals surface area contributed by atoms with E-state index in [4.69, 9.17) is 23.2 Å². The molecule has 0 spiro atoms. The highest BCUT2D eigenvalue weighted by Crippen LogP contribution is 2.30. The summed E-state index contributed by atoms with van der Waals surface area (Å²) in [6, 6.07) is 21.3. The van der Waals surface area contributed by atoms with E-state index in [2.05, 4.69) is 10.6 Å². The smallest absolute Gasteiger partial charge is 0.255 e. The molecular weight excluding hydrogens is 439 g/mol. The van der Waals surface area contributed by atoms with Gasteiger partial charge >= 0.3 is 0 Å². The molecule has 3 aromatic carbocycles. The summed E-state index contributed by atoms with van der Waals surface area (Å²) in [5.41, 5.74) is 1.71. The zero-order chi connectivity index (χ0) is 21.5. The Hall–Kier alpha value is -2.47. The fourth-order valence-corrected chi connectivity index (χ4v) is 4.13. The first-order valence-electron chi connectivity index (χ1n) is 9.35. The summed E-state index contributed by atoms with van der Waals surface area (Å²) in [6.45, 7) is 1.95. The van der Waals surface area contributed by atoms with E-state index in [-0.39, 0.29) is 17.1 Å². The Kier molecular flexibility index (Phi) is 7.80. The van der Waals surface area contributed by atoms with Crippen molar-refractivity contribution in [2.75, 3.05) is 10.6 Å². The molecule has 0 saturated carbocycles. The van der Waals surface area contributed by atoms with Crippen molar-refractivity contribution in [1.82, 2.24) is 0 Å². The summed E-state index contributed by atoms with van der Waals surface area (Å²) in [5, 5.41) is 6.44. The number of para-hydroxylation sites is 1. The molecule has 4 nitrogen and oxygen atoms in total. The Morgan fingerprint density at radius 3 is 2.43 bits per heavy atom. The van der Waals surface area contributed by atoms with Crippen LogP contribution < -0.4 is 10.6 Å². The van der Waals surface area contributed by atoms with Crippen molar-refractivity contribution >= 4 is 58.2 Å². The lowest BCUT2D eigenvalue weighted by Crippen LogP contribution is -2.24. The molecule has 0 aliphatic rings. The molecule has 2 N–H and O–H groups in total. The molecule has 1 unspecified atom stereocenters. The van der Waals surface area contributed by atoms with Gasteiger partial charge in [0.2, 0.25) is 5.91 Å². The van der Waals surface area contributed by atoms with E-state index < -0.39 is 0 Å². The van der Waals surface area contributed by atoms with E-state index in [1.807, 2.05) is 37.3 Å². The number of carbonyl (C=O) groups excluding carboxylic acids is 2. The highest BCUT2D eigenvalue weighted by atomic mass is 35.5. The molecule has 1 atom stereocenters. The minimum atomic E-state index is -0.305. The third-order valence-corrected chi connectivity index (χ3v) is 6.17. The molecule has 0 radical (unpaired) electrons. The number of thioether (sulfide) groups is 1. The van der Waals surface area contributed by atoms with Gasteiger partial charge in [-0.15, -0.1) is 11.8 Å². The highest BCUT2D eigenvalue weighted by Gasteiger charge is 2.19. The molecule has 154 valence electrons. The fourth-order valence-electron chi connectivity index (χ4n) is 2.74. The van der Waals surface area contributed by atoms with Crippen molar-refractivity contribution in [2.45, 2.75) is 23.5 Å². The molecule has 0 aliphatic heterocycles. The van der Waals surface area contributed by atoms with Crippen LogP contribution in [0.3, 0.4) is 0 Å². The number of nitrogens with one attached hydrogen (secondary N) is 2. The molecule has 3 rings (SSSR count). The Balaban J connectivity index is 1.67. The lowest BCUT2D eigenvalue weighted by atomic mass is 10.2. The maximum absolute atomic E-state index is 12.7. The number of hydrogen-bond donors (Lipinski definition) is 2. The van der Waals surface area contributed by atoms with Crippen LogP contribution in [0.15, 0.2) is 77.7 Å². The van der Waals surface area contributed by atoms with Gasteiger partial charge in [-0.3, -0.25) is 9.59 Å². The number of carbonyl (C=O) groups is 2. The van der Waals surface area contributed by atoms with Crippen LogP contribution in [0.2, 0.25) is 10.0 Å². The van der Waals surface area contributed by atoms with E-state index in [1.54, 1.807) is 42.5 Å². The van der Waals surface area contributed by atoms with Crippen LogP contribution in [0.5, 0.6) is 0 Å². The number of hydrogen-bond acceptors (Lipinski definition) is 3. The number of amides is 2. The second-order valence-corrected chi connectivity index (χ2v) is 8.60. The number of benzene rings is 3. The van der Waals surface area contributed by atoms with Crippen molar-refractivity contribution in [3.05, 3.63) is 88.4 Å². The number of anilines is 2. The maximum Gasteiger partial charge on any atom is 0.255 e. The van der Waals surface area contributed by atoms with Gasteiger partial charge in [0.25, 0.3) is 5.91 Å². The normalized spacial score (nSPS) is 11.6. The maximum atomic E-state index is 12.7. The van der Waals surface area contributed by atoms with E-state index in [0.717, 1.165) is 4.90 Å². The molecule has 0 heterocycles. The average Bonchev–Trinajstić information content (AvgIpc) is 2.74. The van der Waals surface area contributed by atoms with Crippen LogP contribution in [-0.2, 0) is 4.79 Å². The first kappa shape index (κ1) is 22.2. The van der Waals surface area contributed by atoms with E-state index in [0.29, 0.717) is 33.4 Å². The van der Waals surface area contributed by atoms with Crippen LogP contribution in [0.1, 0.15) is 23.7 Å². The second kappa shape index (κ2) is 10.5. The predicted molar refractivity (Wildman–Crippen MR) is 126 cm³/mol. The zero-order valence-corrected chi connectivity index (χ0v) is 18.5. The van der Waals surface area contributed by atoms with Crippen LogP contribution >= 0.6 is 35.0 Å². The molecule has 30 heavy (non-hydrogen) atoms. The van der Waals surface area contributed by atoms with Crippen molar-refractivity contribution in [2.24, 2.45) is 0 Å². The monoisotopic (exact) mass is 458 g/mol. The topological polar surface area (TPSA) is 58.2 Å². The minimum Gasteiger partial charge on any atom is -0.324 e. The quantitative estimate of drug-likeness (QED) is 0.384. The Bertz CT molecular complexity index is 1060. The first-order chi connectivity index (χ1) is 14.5. The molecule has 0 aliphatic carbocycles. The van der Waals surface area contributed by atoms with Crippen molar-refractivity contribution < 1.29 is 9.59 Å². The molecule has 0 saturated heterocycles. The first-order valence-corrected chi connectivity index (χ1v) is 11.0. The molecular formula is C23H20Cl2N2O2S. The average molecular weight is 459 g/mol. The summed E-state index contributed by atoms with van der Waals surface area (Å²) in [7, 11) is 0. The summed E-state index contributed by atoms with van der Waals surface area (Å²) >= 11 is 13.5. The fraction of sp³-hybridized carbons (Fsp3) is 0.130.